The molecule has 0 bridgehead atoms. The molecule has 6 nitrogen and oxygen atoms in total. The highest BCUT2D eigenvalue weighted by atomic mass is 16.5. The Hall–Kier alpha value is -3.80. The van der Waals surface area contributed by atoms with Crippen molar-refractivity contribution in [1.82, 2.24) is 10.6 Å². The van der Waals surface area contributed by atoms with Crippen molar-refractivity contribution in [1.29, 1.82) is 0 Å². The van der Waals surface area contributed by atoms with Gasteiger partial charge in [0.2, 0.25) is 0 Å². The number of carbonyl (C=O) groups excluding carboxylic acids is 2. The third-order valence-electron chi connectivity index (χ3n) is 5.00. The number of hydrogen-bond donors (Lipinski definition) is 2. The van der Waals surface area contributed by atoms with Crippen molar-refractivity contribution in [2.24, 2.45) is 0 Å². The molecule has 0 saturated carbocycles. The minimum absolute atomic E-state index is 0.298. The van der Waals surface area contributed by atoms with Gasteiger partial charge in [-0.15, -0.1) is 0 Å². The third-order valence-corrected chi connectivity index (χ3v) is 5.00. The van der Waals surface area contributed by atoms with Gasteiger partial charge >= 0.3 is 0 Å². The number of carbonyl (C=O) groups is 2. The number of amides is 2. The molecule has 3 aromatic rings. The topological polar surface area (TPSA) is 76.7 Å². The van der Waals surface area contributed by atoms with E-state index in [4.69, 9.17) is 9.47 Å². The fraction of sp³-hybridized carbons (Fsp3) is 0.231. The number of methoxy groups -OCH3 is 1. The molecule has 0 heterocycles. The molecule has 166 valence electrons. The molecule has 0 aliphatic rings. The van der Waals surface area contributed by atoms with Crippen molar-refractivity contribution in [2.45, 2.75) is 26.9 Å². The highest BCUT2D eigenvalue weighted by molar-refractivity contribution is 5.96. The average molecular weight is 433 g/mol. The van der Waals surface area contributed by atoms with Gasteiger partial charge in [0.25, 0.3) is 11.8 Å². The van der Waals surface area contributed by atoms with Gasteiger partial charge in [-0.1, -0.05) is 41.5 Å². The molecule has 0 aromatic heterocycles. The molecule has 2 N–H and O–H groups in total. The lowest BCUT2D eigenvalue weighted by Crippen LogP contribution is -2.41. The molecule has 0 fully saturated rings. The maximum Gasteiger partial charge on any atom is 0.253 e. The highest BCUT2D eigenvalue weighted by Gasteiger charge is 2.21. The van der Waals surface area contributed by atoms with Crippen LogP contribution < -0.4 is 20.1 Å². The predicted molar refractivity (Wildman–Crippen MR) is 124 cm³/mol. The summed E-state index contributed by atoms with van der Waals surface area (Å²) in [5.74, 6) is 0.511. The molecule has 0 aliphatic heterocycles. The van der Waals surface area contributed by atoms with Gasteiger partial charge in [0.05, 0.1) is 13.7 Å². The average Bonchev–Trinajstić information content (AvgIpc) is 2.79. The van der Waals surface area contributed by atoms with E-state index >= 15 is 0 Å². The third kappa shape index (κ3) is 5.66. The van der Waals surface area contributed by atoms with Crippen LogP contribution in [0.1, 0.15) is 50.5 Å². The molecule has 0 radical (unpaired) electrons. The number of ether oxygens (including phenoxy) is 2. The van der Waals surface area contributed by atoms with Crippen LogP contribution in [0.3, 0.4) is 0 Å². The summed E-state index contributed by atoms with van der Waals surface area (Å²) >= 11 is 0. The van der Waals surface area contributed by atoms with Crippen LogP contribution in [0.2, 0.25) is 0 Å². The van der Waals surface area contributed by atoms with Gasteiger partial charge in [-0.05, 0) is 62.7 Å². The fourth-order valence-electron chi connectivity index (χ4n) is 3.18. The number of rotatable bonds is 8. The zero-order valence-electron chi connectivity index (χ0n) is 18.8. The van der Waals surface area contributed by atoms with Gasteiger partial charge in [-0.2, -0.15) is 0 Å². The molecule has 0 spiro atoms. The largest absolute Gasteiger partial charge is 0.493 e. The molecular weight excluding hydrogens is 404 g/mol. The lowest BCUT2D eigenvalue weighted by Gasteiger charge is -2.22. The molecule has 6 heteroatoms. The summed E-state index contributed by atoms with van der Waals surface area (Å²) in [5, 5.41) is 5.84. The maximum absolute atomic E-state index is 12.9. The molecule has 0 saturated heterocycles. The van der Waals surface area contributed by atoms with Crippen LogP contribution >= 0.6 is 0 Å². The van der Waals surface area contributed by atoms with Gasteiger partial charge in [0.1, 0.15) is 6.17 Å². The molecule has 0 aliphatic carbocycles. The van der Waals surface area contributed by atoms with Crippen LogP contribution in [0.5, 0.6) is 11.5 Å². The molecule has 3 aromatic carbocycles. The first-order valence-electron chi connectivity index (χ1n) is 10.5. The summed E-state index contributed by atoms with van der Waals surface area (Å²) in [6, 6.07) is 19.8. The Morgan fingerprint density at radius 3 is 1.72 bits per heavy atom. The number of benzene rings is 3. The zero-order chi connectivity index (χ0) is 23.1. The Balaban J connectivity index is 1.92. The quantitative estimate of drug-likeness (QED) is 0.511. The zero-order valence-corrected chi connectivity index (χ0v) is 18.8. The van der Waals surface area contributed by atoms with Crippen LogP contribution in [0.4, 0.5) is 0 Å². The van der Waals surface area contributed by atoms with Crippen LogP contribution in [-0.4, -0.2) is 25.5 Å². The first-order chi connectivity index (χ1) is 15.4. The Morgan fingerprint density at radius 2 is 1.28 bits per heavy atom. The van der Waals surface area contributed by atoms with Gasteiger partial charge in [-0.3, -0.25) is 9.59 Å². The normalized spacial score (nSPS) is 10.5. The summed E-state index contributed by atoms with van der Waals surface area (Å²) in [6.45, 7) is 6.25. The summed E-state index contributed by atoms with van der Waals surface area (Å²) in [7, 11) is 1.56. The highest BCUT2D eigenvalue weighted by Crippen LogP contribution is 2.30. The van der Waals surface area contributed by atoms with E-state index in [1.54, 1.807) is 49.6 Å². The SMILES string of the molecule is CCOc1cc(C(NC(=O)c2ccc(C)cc2)NC(=O)c2ccc(C)cc2)ccc1OC. The maximum atomic E-state index is 12.9. The van der Waals surface area contributed by atoms with E-state index in [-0.39, 0.29) is 11.8 Å². The number of hydrogen-bond acceptors (Lipinski definition) is 4. The van der Waals surface area contributed by atoms with Crippen molar-refractivity contribution >= 4 is 11.8 Å². The molecule has 0 unspecified atom stereocenters. The van der Waals surface area contributed by atoms with E-state index in [1.807, 2.05) is 45.0 Å². The van der Waals surface area contributed by atoms with Crippen molar-refractivity contribution in [3.63, 3.8) is 0 Å². The molecular formula is C26H28N2O4. The molecule has 2 amide bonds. The van der Waals surface area contributed by atoms with Crippen LogP contribution in [0.15, 0.2) is 66.7 Å². The summed E-state index contributed by atoms with van der Waals surface area (Å²) in [4.78, 5) is 25.8. The van der Waals surface area contributed by atoms with Crippen molar-refractivity contribution in [2.75, 3.05) is 13.7 Å². The van der Waals surface area contributed by atoms with E-state index < -0.39 is 6.17 Å². The first kappa shape index (κ1) is 22.9. The monoisotopic (exact) mass is 432 g/mol. The second-order valence-electron chi connectivity index (χ2n) is 7.46. The number of nitrogens with one attached hydrogen (secondary N) is 2. The van der Waals surface area contributed by atoms with Gasteiger partial charge in [-0.25, -0.2) is 0 Å². The Labute approximate surface area is 188 Å². The van der Waals surface area contributed by atoms with Crippen LogP contribution in [0, 0.1) is 13.8 Å². The Kier molecular flexibility index (Phi) is 7.49. The van der Waals surface area contributed by atoms with Crippen molar-refractivity contribution in [3.8, 4) is 11.5 Å². The predicted octanol–water partition coefficient (Wildman–Crippen LogP) is 4.57. The van der Waals surface area contributed by atoms with E-state index in [0.717, 1.165) is 11.1 Å². The smallest absolute Gasteiger partial charge is 0.253 e. The second kappa shape index (κ2) is 10.5. The molecule has 3 rings (SSSR count). The van der Waals surface area contributed by atoms with Crippen molar-refractivity contribution in [3.05, 3.63) is 94.5 Å². The summed E-state index contributed by atoms with van der Waals surface area (Å²) in [5.41, 5.74) is 3.78. The summed E-state index contributed by atoms with van der Waals surface area (Å²) in [6.07, 6.45) is -0.775. The Bertz CT molecular complexity index is 1020. The van der Waals surface area contributed by atoms with E-state index in [9.17, 15) is 9.59 Å². The van der Waals surface area contributed by atoms with Crippen molar-refractivity contribution < 1.29 is 19.1 Å². The van der Waals surface area contributed by atoms with Crippen LogP contribution in [0.25, 0.3) is 0 Å². The standard InChI is InChI=1S/C26H28N2O4/c1-5-32-23-16-21(14-15-22(23)31-4)24(27-25(29)19-10-6-17(2)7-11-19)28-26(30)20-12-8-18(3)9-13-20/h6-16,24H,5H2,1-4H3,(H,27,29)(H,28,30). The van der Waals surface area contributed by atoms with E-state index in [1.165, 1.54) is 0 Å². The first-order valence-corrected chi connectivity index (χ1v) is 10.5. The number of aryl methyl sites for hydroxylation is 2. The minimum atomic E-state index is -0.775. The van der Waals surface area contributed by atoms with Gasteiger partial charge < -0.3 is 20.1 Å². The van der Waals surface area contributed by atoms with Crippen LogP contribution in [-0.2, 0) is 0 Å². The molecule has 0 atom stereocenters. The molecule has 32 heavy (non-hydrogen) atoms. The second-order valence-corrected chi connectivity index (χ2v) is 7.46. The van der Waals surface area contributed by atoms with Gasteiger partial charge in [0, 0.05) is 11.1 Å². The van der Waals surface area contributed by atoms with E-state index in [0.29, 0.717) is 34.8 Å². The summed E-state index contributed by atoms with van der Waals surface area (Å²) < 4.78 is 11.0. The lowest BCUT2D eigenvalue weighted by atomic mass is 10.1. The van der Waals surface area contributed by atoms with Gasteiger partial charge in [0.15, 0.2) is 11.5 Å². The van der Waals surface area contributed by atoms with E-state index in [2.05, 4.69) is 10.6 Å². The fourth-order valence-corrected chi connectivity index (χ4v) is 3.18. The Morgan fingerprint density at radius 1 is 0.781 bits per heavy atom. The lowest BCUT2D eigenvalue weighted by molar-refractivity contribution is 0.0883. The minimum Gasteiger partial charge on any atom is -0.493 e.